The number of ether oxygens (including phenoxy) is 1. The summed E-state index contributed by atoms with van der Waals surface area (Å²) in [4.78, 5) is 15.0. The van der Waals surface area contributed by atoms with Crippen LogP contribution in [-0.2, 0) is 16.3 Å². The normalized spacial score (nSPS) is 14.4. The fourth-order valence-corrected chi connectivity index (χ4v) is 3.82. The van der Waals surface area contributed by atoms with Crippen LogP contribution in [0.2, 0.25) is 0 Å². The zero-order valence-corrected chi connectivity index (χ0v) is 17.8. The van der Waals surface area contributed by atoms with Gasteiger partial charge in [-0.3, -0.25) is 0 Å². The molecule has 30 heavy (non-hydrogen) atoms. The van der Waals surface area contributed by atoms with Crippen LogP contribution in [0.5, 0.6) is 5.75 Å². The van der Waals surface area contributed by atoms with Crippen LogP contribution in [0.25, 0.3) is 11.1 Å². The molecule has 0 N–H and O–H groups in total. The van der Waals surface area contributed by atoms with E-state index < -0.39 is 9.84 Å². The molecule has 0 atom stereocenters. The van der Waals surface area contributed by atoms with Gasteiger partial charge in [-0.05, 0) is 41.8 Å². The Kier molecular flexibility index (Phi) is 5.67. The smallest absolute Gasteiger partial charge is 0.225 e. The molecular formula is C22H24N4O3S. The van der Waals surface area contributed by atoms with E-state index in [2.05, 4.69) is 26.8 Å². The zero-order chi connectivity index (χ0) is 21.1. The molecule has 8 heteroatoms. The molecule has 2 aromatic heterocycles. The lowest BCUT2D eigenvalue weighted by molar-refractivity contribution is 0.219. The van der Waals surface area contributed by atoms with E-state index in [1.54, 1.807) is 12.3 Å². The van der Waals surface area contributed by atoms with Crippen molar-refractivity contribution in [2.75, 3.05) is 30.9 Å². The van der Waals surface area contributed by atoms with Crippen LogP contribution in [0.15, 0.2) is 60.0 Å². The Morgan fingerprint density at radius 3 is 2.20 bits per heavy atom. The first-order valence-corrected chi connectivity index (χ1v) is 11.8. The third-order valence-electron chi connectivity index (χ3n) is 5.13. The van der Waals surface area contributed by atoms with Gasteiger partial charge in [0.1, 0.15) is 5.75 Å². The average Bonchev–Trinajstić information content (AvgIpc) is 2.73. The second-order valence-corrected chi connectivity index (χ2v) is 9.47. The van der Waals surface area contributed by atoms with E-state index in [1.807, 2.05) is 36.7 Å². The number of hydrogen-bond donors (Lipinski definition) is 0. The minimum Gasteiger partial charge on any atom is -0.493 e. The van der Waals surface area contributed by atoms with Gasteiger partial charge in [-0.1, -0.05) is 19.1 Å². The highest BCUT2D eigenvalue weighted by molar-refractivity contribution is 7.90. The van der Waals surface area contributed by atoms with Gasteiger partial charge in [0.05, 0.1) is 6.61 Å². The van der Waals surface area contributed by atoms with E-state index in [0.717, 1.165) is 54.2 Å². The van der Waals surface area contributed by atoms with Crippen LogP contribution < -0.4 is 9.64 Å². The highest BCUT2D eigenvalue weighted by Crippen LogP contribution is 2.25. The number of hydrogen-bond acceptors (Lipinski definition) is 7. The number of aryl methyl sites for hydroxylation is 1. The van der Waals surface area contributed by atoms with Crippen LogP contribution in [0.3, 0.4) is 0 Å². The van der Waals surface area contributed by atoms with E-state index >= 15 is 0 Å². The fourth-order valence-electron chi connectivity index (χ4n) is 3.26. The molecule has 7 nitrogen and oxygen atoms in total. The SMILES string of the molecule is CCc1cnc(N2CC(COc3ccc(-c4ccc(S(C)(=O)=O)nc4)cc3)C2)nc1. The highest BCUT2D eigenvalue weighted by atomic mass is 32.2. The lowest BCUT2D eigenvalue weighted by Gasteiger charge is -2.38. The quantitative estimate of drug-likeness (QED) is 0.576. The maximum atomic E-state index is 11.5. The van der Waals surface area contributed by atoms with Crippen molar-refractivity contribution in [2.24, 2.45) is 5.92 Å². The maximum absolute atomic E-state index is 11.5. The molecule has 0 spiro atoms. The van der Waals surface area contributed by atoms with Crippen molar-refractivity contribution in [3.63, 3.8) is 0 Å². The largest absolute Gasteiger partial charge is 0.493 e. The lowest BCUT2D eigenvalue weighted by atomic mass is 10.0. The Hall–Kier alpha value is -3.00. The molecule has 0 saturated carbocycles. The predicted molar refractivity (Wildman–Crippen MR) is 115 cm³/mol. The molecule has 0 bridgehead atoms. The highest BCUT2D eigenvalue weighted by Gasteiger charge is 2.29. The number of benzene rings is 1. The predicted octanol–water partition coefficient (Wildman–Crippen LogP) is 3.02. The van der Waals surface area contributed by atoms with Gasteiger partial charge in [-0.25, -0.2) is 23.4 Å². The molecule has 1 aliphatic heterocycles. The van der Waals surface area contributed by atoms with E-state index in [-0.39, 0.29) is 5.03 Å². The molecule has 1 saturated heterocycles. The van der Waals surface area contributed by atoms with Gasteiger partial charge in [0.25, 0.3) is 0 Å². The summed E-state index contributed by atoms with van der Waals surface area (Å²) in [6.07, 6.45) is 7.44. The molecule has 3 heterocycles. The van der Waals surface area contributed by atoms with E-state index in [0.29, 0.717) is 12.5 Å². The fraction of sp³-hybridized carbons (Fsp3) is 0.318. The van der Waals surface area contributed by atoms with Crippen molar-refractivity contribution in [1.82, 2.24) is 15.0 Å². The molecule has 0 amide bonds. The molecule has 1 aliphatic rings. The molecule has 4 rings (SSSR count). The third-order valence-corrected chi connectivity index (χ3v) is 6.13. The van der Waals surface area contributed by atoms with Gasteiger partial charge in [-0.2, -0.15) is 0 Å². The topological polar surface area (TPSA) is 85.3 Å². The number of nitrogens with zero attached hydrogens (tertiary/aromatic N) is 4. The van der Waals surface area contributed by atoms with Crippen LogP contribution >= 0.6 is 0 Å². The average molecular weight is 425 g/mol. The minimum atomic E-state index is -3.29. The zero-order valence-electron chi connectivity index (χ0n) is 17.0. The molecule has 156 valence electrons. The molecule has 0 unspecified atom stereocenters. The van der Waals surface area contributed by atoms with Crippen molar-refractivity contribution in [3.8, 4) is 16.9 Å². The summed E-state index contributed by atoms with van der Waals surface area (Å²) in [6, 6.07) is 11.0. The van der Waals surface area contributed by atoms with Gasteiger partial charge in [0.2, 0.25) is 5.95 Å². The van der Waals surface area contributed by atoms with Crippen molar-refractivity contribution in [3.05, 3.63) is 60.6 Å². The van der Waals surface area contributed by atoms with E-state index in [4.69, 9.17) is 4.74 Å². The Morgan fingerprint density at radius 2 is 1.63 bits per heavy atom. The Labute approximate surface area is 176 Å². The summed E-state index contributed by atoms with van der Waals surface area (Å²) in [5, 5.41) is 0.0763. The number of sulfone groups is 1. The molecule has 3 aromatic rings. The first-order valence-electron chi connectivity index (χ1n) is 9.87. The first-order chi connectivity index (χ1) is 14.4. The summed E-state index contributed by atoms with van der Waals surface area (Å²) in [6.45, 7) is 4.52. The molecular weight excluding hydrogens is 400 g/mol. The van der Waals surface area contributed by atoms with E-state index in [1.165, 1.54) is 6.07 Å². The summed E-state index contributed by atoms with van der Waals surface area (Å²) >= 11 is 0. The Bertz CT molecular complexity index is 1090. The number of aromatic nitrogens is 3. The van der Waals surface area contributed by atoms with Gasteiger partial charge in [-0.15, -0.1) is 0 Å². The number of anilines is 1. The molecule has 0 radical (unpaired) electrons. The minimum absolute atomic E-state index is 0.0763. The van der Waals surface area contributed by atoms with Crippen molar-refractivity contribution >= 4 is 15.8 Å². The lowest BCUT2D eigenvalue weighted by Crippen LogP contribution is -2.50. The van der Waals surface area contributed by atoms with Crippen LogP contribution in [0.1, 0.15) is 12.5 Å². The summed E-state index contributed by atoms with van der Waals surface area (Å²) in [7, 11) is -3.29. The first kappa shape index (κ1) is 20.3. The Morgan fingerprint density at radius 1 is 0.967 bits per heavy atom. The van der Waals surface area contributed by atoms with Crippen molar-refractivity contribution in [2.45, 2.75) is 18.4 Å². The third kappa shape index (κ3) is 4.59. The summed E-state index contributed by atoms with van der Waals surface area (Å²) in [5.74, 6) is 2.04. The monoisotopic (exact) mass is 424 g/mol. The van der Waals surface area contributed by atoms with Crippen LogP contribution in [0, 0.1) is 5.92 Å². The van der Waals surface area contributed by atoms with Gasteiger partial charge in [0, 0.05) is 49.4 Å². The van der Waals surface area contributed by atoms with Gasteiger partial charge < -0.3 is 9.64 Å². The van der Waals surface area contributed by atoms with Crippen LogP contribution in [0.4, 0.5) is 5.95 Å². The molecule has 1 fully saturated rings. The van der Waals surface area contributed by atoms with Gasteiger partial charge >= 0.3 is 0 Å². The summed E-state index contributed by atoms with van der Waals surface area (Å²) < 4.78 is 29.0. The molecule has 1 aromatic carbocycles. The number of pyridine rings is 1. The van der Waals surface area contributed by atoms with Crippen molar-refractivity contribution in [1.29, 1.82) is 0 Å². The van der Waals surface area contributed by atoms with E-state index in [9.17, 15) is 8.42 Å². The standard InChI is InChI=1S/C22H24N4O3S/c1-3-16-10-24-22(25-11-16)26-13-17(14-26)15-29-20-7-4-18(5-8-20)19-6-9-21(23-12-19)30(2,27)28/h4-12,17H,3,13-15H2,1-2H3. The Balaban J connectivity index is 1.28. The number of rotatable bonds is 7. The van der Waals surface area contributed by atoms with Crippen LogP contribution in [-0.4, -0.2) is 49.3 Å². The maximum Gasteiger partial charge on any atom is 0.225 e. The summed E-state index contributed by atoms with van der Waals surface area (Å²) in [5.41, 5.74) is 2.96. The molecule has 0 aliphatic carbocycles. The second-order valence-electron chi connectivity index (χ2n) is 7.51. The van der Waals surface area contributed by atoms with Crippen molar-refractivity contribution < 1.29 is 13.2 Å². The second kappa shape index (κ2) is 8.39. The van der Waals surface area contributed by atoms with Gasteiger partial charge in [0.15, 0.2) is 14.9 Å².